The predicted molar refractivity (Wildman–Crippen MR) is 69.6 cm³/mol. The van der Waals surface area contributed by atoms with Gasteiger partial charge in [-0.25, -0.2) is 8.78 Å². The van der Waals surface area contributed by atoms with Crippen molar-refractivity contribution in [1.29, 1.82) is 0 Å². The van der Waals surface area contributed by atoms with Gasteiger partial charge in [0.05, 0.1) is 10.4 Å². The third kappa shape index (κ3) is 2.95. The maximum Gasteiger partial charge on any atom is 0.308 e. The molecule has 2 atom stereocenters. The molecule has 0 aliphatic carbocycles. The molecule has 3 nitrogen and oxygen atoms in total. The molecule has 6 heteroatoms. The Balaban J connectivity index is 2.15. The van der Waals surface area contributed by atoms with Crippen molar-refractivity contribution in [1.82, 2.24) is 4.90 Å². The average Bonchev–Trinajstić information content (AvgIpc) is 2.71. The first-order valence-corrected chi connectivity index (χ1v) is 6.77. The van der Waals surface area contributed by atoms with E-state index in [0.29, 0.717) is 13.1 Å². The summed E-state index contributed by atoms with van der Waals surface area (Å²) in [6.07, 6.45) is 0. The van der Waals surface area contributed by atoms with Crippen molar-refractivity contribution in [3.8, 4) is 0 Å². The predicted octanol–water partition coefficient (Wildman–Crippen LogP) is 2.88. The number of halogens is 3. The number of likely N-dealkylation sites (tertiary alicyclic amines) is 1. The molecule has 1 fully saturated rings. The quantitative estimate of drug-likeness (QED) is 0.864. The molecule has 1 heterocycles. The number of benzene rings is 1. The number of aliphatic carboxylic acids is 1. The van der Waals surface area contributed by atoms with Crippen molar-refractivity contribution in [3.63, 3.8) is 0 Å². The van der Waals surface area contributed by atoms with Crippen LogP contribution in [0.15, 0.2) is 16.6 Å². The highest BCUT2D eigenvalue weighted by molar-refractivity contribution is 9.10. The first kappa shape index (κ1) is 14.4. The van der Waals surface area contributed by atoms with Crippen LogP contribution in [0.1, 0.15) is 12.5 Å². The van der Waals surface area contributed by atoms with E-state index in [1.165, 1.54) is 12.1 Å². The SMILES string of the molecule is CC1CN(Cc2c(F)ccc(Br)c2F)CC1C(=O)O. The van der Waals surface area contributed by atoms with Crippen molar-refractivity contribution in [3.05, 3.63) is 33.8 Å². The molecule has 1 N–H and O–H groups in total. The Kier molecular flexibility index (Phi) is 4.20. The highest BCUT2D eigenvalue weighted by Gasteiger charge is 2.35. The van der Waals surface area contributed by atoms with Gasteiger partial charge in [-0.05, 0) is 34.0 Å². The van der Waals surface area contributed by atoms with E-state index in [0.717, 1.165) is 0 Å². The lowest BCUT2D eigenvalue weighted by Crippen LogP contribution is -2.24. The fourth-order valence-corrected chi connectivity index (χ4v) is 2.83. The van der Waals surface area contributed by atoms with E-state index in [2.05, 4.69) is 15.9 Å². The Morgan fingerprint density at radius 1 is 1.47 bits per heavy atom. The Bertz CT molecular complexity index is 510. The van der Waals surface area contributed by atoms with Gasteiger partial charge in [-0.2, -0.15) is 0 Å². The molecule has 104 valence electrons. The van der Waals surface area contributed by atoms with Crippen LogP contribution >= 0.6 is 15.9 Å². The second-order valence-corrected chi connectivity index (χ2v) is 5.79. The number of nitrogens with zero attached hydrogens (tertiary/aromatic N) is 1. The number of carboxylic acids is 1. The van der Waals surface area contributed by atoms with Gasteiger partial charge in [-0.3, -0.25) is 9.69 Å². The molecule has 2 rings (SSSR count). The Hall–Kier alpha value is -1.01. The molecule has 0 amide bonds. The monoisotopic (exact) mass is 333 g/mol. The molecule has 1 aliphatic rings. The van der Waals surface area contributed by atoms with Gasteiger partial charge in [0.25, 0.3) is 0 Å². The summed E-state index contributed by atoms with van der Waals surface area (Å²) in [7, 11) is 0. The van der Waals surface area contributed by atoms with Gasteiger partial charge in [0, 0.05) is 25.2 Å². The minimum absolute atomic E-state index is 0.0178. The lowest BCUT2D eigenvalue weighted by Gasteiger charge is -2.16. The number of carbonyl (C=O) groups is 1. The summed E-state index contributed by atoms with van der Waals surface area (Å²) >= 11 is 3.02. The minimum atomic E-state index is -0.856. The fraction of sp³-hybridized carbons (Fsp3) is 0.462. The average molecular weight is 334 g/mol. The molecule has 0 bridgehead atoms. The Morgan fingerprint density at radius 2 is 2.16 bits per heavy atom. The van der Waals surface area contributed by atoms with E-state index in [-0.39, 0.29) is 22.5 Å². The summed E-state index contributed by atoms with van der Waals surface area (Å²) in [4.78, 5) is 12.8. The second-order valence-electron chi connectivity index (χ2n) is 4.94. The number of hydrogen-bond acceptors (Lipinski definition) is 2. The molecule has 19 heavy (non-hydrogen) atoms. The molecule has 1 aromatic rings. The van der Waals surface area contributed by atoms with E-state index >= 15 is 0 Å². The van der Waals surface area contributed by atoms with E-state index in [1.807, 2.05) is 6.92 Å². The highest BCUT2D eigenvalue weighted by Crippen LogP contribution is 2.28. The van der Waals surface area contributed by atoms with Crippen LogP contribution in [0.5, 0.6) is 0 Å². The first-order valence-electron chi connectivity index (χ1n) is 5.97. The van der Waals surface area contributed by atoms with Crippen LogP contribution in [0.4, 0.5) is 8.78 Å². The van der Waals surface area contributed by atoms with Crippen molar-refractivity contribution in [2.75, 3.05) is 13.1 Å². The van der Waals surface area contributed by atoms with Crippen LogP contribution < -0.4 is 0 Å². The molecule has 2 unspecified atom stereocenters. The van der Waals surface area contributed by atoms with E-state index in [9.17, 15) is 13.6 Å². The summed E-state index contributed by atoms with van der Waals surface area (Å²) in [6, 6.07) is 2.53. The Morgan fingerprint density at radius 3 is 2.74 bits per heavy atom. The lowest BCUT2D eigenvalue weighted by atomic mass is 9.99. The van der Waals surface area contributed by atoms with Crippen LogP contribution in [0, 0.1) is 23.5 Å². The van der Waals surface area contributed by atoms with Crippen molar-refractivity contribution in [2.24, 2.45) is 11.8 Å². The zero-order valence-electron chi connectivity index (χ0n) is 10.4. The largest absolute Gasteiger partial charge is 0.481 e. The number of hydrogen-bond donors (Lipinski definition) is 1. The van der Waals surface area contributed by atoms with Crippen molar-refractivity contribution >= 4 is 21.9 Å². The topological polar surface area (TPSA) is 40.5 Å². The molecular formula is C13H14BrF2NO2. The maximum absolute atomic E-state index is 13.8. The van der Waals surface area contributed by atoms with Crippen LogP contribution in [-0.4, -0.2) is 29.1 Å². The molecule has 0 saturated carbocycles. The maximum atomic E-state index is 13.8. The van der Waals surface area contributed by atoms with Gasteiger partial charge < -0.3 is 5.11 Å². The summed E-state index contributed by atoms with van der Waals surface area (Å²) in [6.45, 7) is 2.78. The summed E-state index contributed by atoms with van der Waals surface area (Å²) in [5, 5.41) is 9.04. The third-order valence-electron chi connectivity index (χ3n) is 3.53. The summed E-state index contributed by atoms with van der Waals surface area (Å²) in [5.74, 6) is -2.57. The molecule has 0 spiro atoms. The second kappa shape index (κ2) is 5.54. The van der Waals surface area contributed by atoms with Gasteiger partial charge in [0.1, 0.15) is 11.6 Å². The Labute approximate surface area is 118 Å². The van der Waals surface area contributed by atoms with Gasteiger partial charge >= 0.3 is 5.97 Å². The van der Waals surface area contributed by atoms with Crippen molar-refractivity contribution < 1.29 is 18.7 Å². The molecule has 1 aliphatic heterocycles. The summed E-state index contributed by atoms with van der Waals surface area (Å²) < 4.78 is 27.7. The molecule has 1 saturated heterocycles. The zero-order chi connectivity index (χ0) is 14.2. The van der Waals surface area contributed by atoms with E-state index in [4.69, 9.17) is 5.11 Å². The molecule has 1 aromatic carbocycles. The normalized spacial score (nSPS) is 23.8. The minimum Gasteiger partial charge on any atom is -0.481 e. The van der Waals surface area contributed by atoms with E-state index in [1.54, 1.807) is 4.90 Å². The van der Waals surface area contributed by atoms with Crippen LogP contribution in [0.3, 0.4) is 0 Å². The molecular weight excluding hydrogens is 320 g/mol. The fourth-order valence-electron chi connectivity index (χ4n) is 2.46. The molecule has 0 radical (unpaired) electrons. The lowest BCUT2D eigenvalue weighted by molar-refractivity contribution is -0.142. The third-order valence-corrected chi connectivity index (χ3v) is 4.14. The number of rotatable bonds is 3. The van der Waals surface area contributed by atoms with Crippen LogP contribution in [0.2, 0.25) is 0 Å². The first-order chi connectivity index (χ1) is 8.90. The highest BCUT2D eigenvalue weighted by atomic mass is 79.9. The van der Waals surface area contributed by atoms with Gasteiger partial charge in [0.2, 0.25) is 0 Å². The summed E-state index contributed by atoms with van der Waals surface area (Å²) in [5.41, 5.74) is -0.0207. The smallest absolute Gasteiger partial charge is 0.308 e. The van der Waals surface area contributed by atoms with E-state index < -0.39 is 23.5 Å². The van der Waals surface area contributed by atoms with Gasteiger partial charge in [-0.1, -0.05) is 6.92 Å². The number of carboxylic acid groups (broad SMARTS) is 1. The van der Waals surface area contributed by atoms with Crippen molar-refractivity contribution in [2.45, 2.75) is 13.5 Å². The standard InChI is InChI=1S/C13H14BrF2NO2/c1-7-4-17(5-8(7)13(18)19)6-9-11(15)3-2-10(14)12(9)16/h2-3,7-8H,4-6H2,1H3,(H,18,19). The molecule has 0 aromatic heterocycles. The van der Waals surface area contributed by atoms with Gasteiger partial charge in [0.15, 0.2) is 0 Å². The van der Waals surface area contributed by atoms with Gasteiger partial charge in [-0.15, -0.1) is 0 Å². The van der Waals surface area contributed by atoms with Crippen LogP contribution in [-0.2, 0) is 11.3 Å². The zero-order valence-corrected chi connectivity index (χ0v) is 12.0. The van der Waals surface area contributed by atoms with Crippen LogP contribution in [0.25, 0.3) is 0 Å².